The molecular weight excluding hydrogens is 326 g/mol. The van der Waals surface area contributed by atoms with E-state index in [0.717, 1.165) is 0 Å². The lowest BCUT2D eigenvalue weighted by Crippen LogP contribution is -2.29. The number of aromatic amines is 1. The molecule has 1 unspecified atom stereocenters. The minimum Gasteiger partial charge on any atom is -0.325 e. The average Bonchev–Trinajstić information content (AvgIpc) is 2.54. The molecule has 1 aromatic carbocycles. The molecule has 3 rings (SSSR count). The van der Waals surface area contributed by atoms with Crippen LogP contribution in [0.3, 0.4) is 0 Å². The molecule has 0 aliphatic heterocycles. The standard InChI is InChI=1S/C17H15N3O5/c1-9-6-13-10(15(21)7-9)8-11(17(23)19-13)16(22)18-12-4-2-3-5-14(12)20(24)25/h2-5,8-9H,6-7H2,1H3,(H,18,22)(H,19,23). The fourth-order valence-electron chi connectivity index (χ4n) is 2.92. The highest BCUT2D eigenvalue weighted by Crippen LogP contribution is 2.25. The first-order valence-corrected chi connectivity index (χ1v) is 7.71. The second-order valence-electron chi connectivity index (χ2n) is 6.07. The Morgan fingerprint density at radius 2 is 2.00 bits per heavy atom. The quantitative estimate of drug-likeness (QED) is 0.655. The number of hydrogen-bond donors (Lipinski definition) is 2. The topological polar surface area (TPSA) is 122 Å². The van der Waals surface area contributed by atoms with Crippen LogP contribution in [0.4, 0.5) is 11.4 Å². The van der Waals surface area contributed by atoms with E-state index in [9.17, 15) is 24.5 Å². The molecule has 1 aromatic heterocycles. The van der Waals surface area contributed by atoms with E-state index in [2.05, 4.69) is 10.3 Å². The molecule has 0 fully saturated rings. The number of carbonyl (C=O) groups is 2. The zero-order valence-corrected chi connectivity index (χ0v) is 13.4. The van der Waals surface area contributed by atoms with Crippen molar-refractivity contribution in [3.05, 3.63) is 67.6 Å². The molecule has 0 saturated carbocycles. The number of nitro benzene ring substituents is 1. The summed E-state index contributed by atoms with van der Waals surface area (Å²) in [4.78, 5) is 49.7. The van der Waals surface area contributed by atoms with Crippen molar-refractivity contribution < 1.29 is 14.5 Å². The van der Waals surface area contributed by atoms with E-state index >= 15 is 0 Å². The number of amides is 1. The van der Waals surface area contributed by atoms with Crippen molar-refractivity contribution in [2.24, 2.45) is 5.92 Å². The smallest absolute Gasteiger partial charge is 0.292 e. The van der Waals surface area contributed by atoms with Crippen LogP contribution in [0.2, 0.25) is 0 Å². The first-order valence-electron chi connectivity index (χ1n) is 7.71. The normalized spacial score (nSPS) is 16.2. The maximum atomic E-state index is 12.4. The van der Waals surface area contributed by atoms with Crippen LogP contribution < -0.4 is 10.9 Å². The van der Waals surface area contributed by atoms with Crippen LogP contribution in [0.25, 0.3) is 0 Å². The van der Waals surface area contributed by atoms with E-state index in [-0.39, 0.29) is 28.6 Å². The number of nitro groups is 1. The number of Topliss-reactive ketones (excluding diaryl/α,β-unsaturated/α-hetero) is 1. The van der Waals surface area contributed by atoms with E-state index in [0.29, 0.717) is 24.1 Å². The monoisotopic (exact) mass is 341 g/mol. The highest BCUT2D eigenvalue weighted by molar-refractivity contribution is 6.07. The molecule has 1 atom stereocenters. The minimum atomic E-state index is -0.801. The van der Waals surface area contributed by atoms with Gasteiger partial charge in [-0.15, -0.1) is 0 Å². The van der Waals surface area contributed by atoms with Crippen LogP contribution in [0.15, 0.2) is 35.1 Å². The summed E-state index contributed by atoms with van der Waals surface area (Å²) in [6, 6.07) is 6.89. The van der Waals surface area contributed by atoms with Gasteiger partial charge in [0.1, 0.15) is 11.3 Å². The number of benzene rings is 1. The largest absolute Gasteiger partial charge is 0.325 e. The van der Waals surface area contributed by atoms with Gasteiger partial charge in [0.15, 0.2) is 5.78 Å². The molecule has 1 amide bonds. The molecule has 1 aliphatic carbocycles. The van der Waals surface area contributed by atoms with Gasteiger partial charge < -0.3 is 10.3 Å². The van der Waals surface area contributed by atoms with Crippen molar-refractivity contribution in [2.75, 3.05) is 5.32 Å². The number of nitrogens with one attached hydrogen (secondary N) is 2. The third-order valence-electron chi connectivity index (χ3n) is 4.10. The number of H-pyrrole nitrogens is 1. The lowest BCUT2D eigenvalue weighted by Gasteiger charge is -2.20. The predicted octanol–water partition coefficient (Wildman–Crippen LogP) is 2.30. The van der Waals surface area contributed by atoms with E-state index in [4.69, 9.17) is 0 Å². The number of rotatable bonds is 3. The first-order chi connectivity index (χ1) is 11.9. The summed E-state index contributed by atoms with van der Waals surface area (Å²) < 4.78 is 0. The first kappa shape index (κ1) is 16.6. The van der Waals surface area contributed by atoms with Crippen molar-refractivity contribution in [1.29, 1.82) is 0 Å². The lowest BCUT2D eigenvalue weighted by molar-refractivity contribution is -0.383. The molecule has 8 heteroatoms. The Morgan fingerprint density at radius 3 is 2.72 bits per heavy atom. The zero-order valence-electron chi connectivity index (χ0n) is 13.4. The Labute approximate surface area is 142 Å². The summed E-state index contributed by atoms with van der Waals surface area (Å²) in [7, 11) is 0. The molecule has 2 aromatic rings. The van der Waals surface area contributed by atoms with Crippen molar-refractivity contribution >= 4 is 23.1 Å². The van der Waals surface area contributed by atoms with Crippen LogP contribution in [0, 0.1) is 16.0 Å². The van der Waals surface area contributed by atoms with Gasteiger partial charge in [0.25, 0.3) is 17.2 Å². The second kappa shape index (κ2) is 6.31. The molecule has 0 bridgehead atoms. The summed E-state index contributed by atoms with van der Waals surface area (Å²) in [6.45, 7) is 1.91. The van der Waals surface area contributed by atoms with Gasteiger partial charge in [-0.2, -0.15) is 0 Å². The Kier molecular flexibility index (Phi) is 4.18. The number of fused-ring (bicyclic) bond motifs is 1. The Morgan fingerprint density at radius 1 is 1.28 bits per heavy atom. The zero-order chi connectivity index (χ0) is 18.1. The molecule has 1 aliphatic rings. The molecule has 0 radical (unpaired) electrons. The molecule has 8 nitrogen and oxygen atoms in total. The van der Waals surface area contributed by atoms with Gasteiger partial charge in [-0.25, -0.2) is 0 Å². The Bertz CT molecular complexity index is 948. The van der Waals surface area contributed by atoms with Gasteiger partial charge in [-0.1, -0.05) is 19.1 Å². The van der Waals surface area contributed by atoms with Crippen molar-refractivity contribution in [1.82, 2.24) is 4.98 Å². The third-order valence-corrected chi connectivity index (χ3v) is 4.10. The lowest BCUT2D eigenvalue weighted by atomic mass is 9.86. The number of anilines is 1. The number of hydrogen-bond acceptors (Lipinski definition) is 5. The fourth-order valence-corrected chi connectivity index (χ4v) is 2.92. The van der Waals surface area contributed by atoms with Crippen molar-refractivity contribution in [3.8, 4) is 0 Å². The van der Waals surface area contributed by atoms with E-state index in [1.165, 1.54) is 30.3 Å². The highest BCUT2D eigenvalue weighted by atomic mass is 16.6. The number of pyridine rings is 1. The number of carbonyl (C=O) groups excluding carboxylic acids is 2. The minimum absolute atomic E-state index is 0.0189. The van der Waals surface area contributed by atoms with Crippen molar-refractivity contribution in [3.63, 3.8) is 0 Å². The van der Waals surface area contributed by atoms with Crippen LogP contribution in [-0.4, -0.2) is 21.6 Å². The maximum absolute atomic E-state index is 12.4. The summed E-state index contributed by atoms with van der Waals surface area (Å²) in [5, 5.41) is 13.4. The van der Waals surface area contributed by atoms with E-state index in [1.54, 1.807) is 0 Å². The van der Waals surface area contributed by atoms with Crippen LogP contribution in [0.1, 0.15) is 39.8 Å². The maximum Gasteiger partial charge on any atom is 0.292 e. The highest BCUT2D eigenvalue weighted by Gasteiger charge is 2.26. The van der Waals surface area contributed by atoms with E-state index < -0.39 is 16.4 Å². The van der Waals surface area contributed by atoms with Crippen LogP contribution in [0.5, 0.6) is 0 Å². The number of para-hydroxylation sites is 2. The number of ketones is 1. The number of nitrogens with zero attached hydrogens (tertiary/aromatic N) is 1. The van der Waals surface area contributed by atoms with Gasteiger partial charge in [0.05, 0.1) is 4.92 Å². The van der Waals surface area contributed by atoms with Gasteiger partial charge in [0.2, 0.25) is 0 Å². The second-order valence-corrected chi connectivity index (χ2v) is 6.07. The summed E-state index contributed by atoms with van der Waals surface area (Å²) in [6.07, 6.45) is 0.909. The van der Waals surface area contributed by atoms with Crippen LogP contribution in [-0.2, 0) is 6.42 Å². The molecule has 25 heavy (non-hydrogen) atoms. The van der Waals surface area contributed by atoms with E-state index in [1.807, 2.05) is 6.92 Å². The molecular formula is C17H15N3O5. The molecule has 1 heterocycles. The molecule has 2 N–H and O–H groups in total. The fraction of sp³-hybridized carbons (Fsp3) is 0.235. The third kappa shape index (κ3) is 3.18. The average molecular weight is 341 g/mol. The van der Waals surface area contributed by atoms with Gasteiger partial charge in [-0.3, -0.25) is 24.5 Å². The molecule has 0 saturated heterocycles. The Balaban J connectivity index is 1.97. The summed E-state index contributed by atoms with van der Waals surface area (Å²) in [5.74, 6) is -0.809. The number of aromatic nitrogens is 1. The van der Waals surface area contributed by atoms with Crippen molar-refractivity contribution in [2.45, 2.75) is 19.8 Å². The summed E-state index contributed by atoms with van der Waals surface area (Å²) >= 11 is 0. The van der Waals surface area contributed by atoms with Gasteiger partial charge in [0, 0.05) is 23.7 Å². The van der Waals surface area contributed by atoms with Crippen LogP contribution >= 0.6 is 0 Å². The molecule has 128 valence electrons. The van der Waals surface area contributed by atoms with Gasteiger partial charge in [-0.05, 0) is 24.5 Å². The Hall–Kier alpha value is -3.29. The predicted molar refractivity (Wildman–Crippen MR) is 89.9 cm³/mol. The van der Waals surface area contributed by atoms with Gasteiger partial charge >= 0.3 is 0 Å². The molecule has 0 spiro atoms. The summed E-state index contributed by atoms with van der Waals surface area (Å²) in [5.41, 5.74) is -0.331. The SMILES string of the molecule is CC1CC(=O)c2cc(C(=O)Nc3ccccc3[N+](=O)[O-])c(=O)[nH]c2C1.